The Bertz CT molecular complexity index is 664. The molecular formula is C16H15F3N2O. The zero-order chi connectivity index (χ0) is 16.3. The molecule has 0 aliphatic rings. The summed E-state index contributed by atoms with van der Waals surface area (Å²) in [5.74, 6) is -0.224. The van der Waals surface area contributed by atoms with E-state index in [1.807, 2.05) is 13.8 Å². The molecule has 0 aliphatic heterocycles. The Morgan fingerprint density at radius 1 is 1.14 bits per heavy atom. The molecule has 0 radical (unpaired) electrons. The number of halogens is 3. The van der Waals surface area contributed by atoms with E-state index in [0.717, 1.165) is 18.3 Å². The number of hydrogen-bond acceptors (Lipinski definition) is 2. The Morgan fingerprint density at radius 2 is 1.77 bits per heavy atom. The van der Waals surface area contributed by atoms with Crippen LogP contribution in [0.1, 0.15) is 29.8 Å². The van der Waals surface area contributed by atoms with E-state index < -0.39 is 11.7 Å². The van der Waals surface area contributed by atoms with Crippen molar-refractivity contribution in [2.45, 2.75) is 26.1 Å². The van der Waals surface area contributed by atoms with Crippen LogP contribution in [0.5, 0.6) is 0 Å². The van der Waals surface area contributed by atoms with E-state index in [2.05, 4.69) is 10.3 Å². The Hall–Kier alpha value is -2.37. The summed E-state index contributed by atoms with van der Waals surface area (Å²) in [6.07, 6.45) is -3.29. The molecule has 1 aromatic carbocycles. The van der Waals surface area contributed by atoms with Crippen LogP contribution in [0.15, 0.2) is 42.6 Å². The van der Waals surface area contributed by atoms with E-state index in [1.54, 1.807) is 24.3 Å². The fourth-order valence-corrected chi connectivity index (χ4v) is 1.90. The van der Waals surface area contributed by atoms with Gasteiger partial charge in [-0.05, 0) is 38.1 Å². The Morgan fingerprint density at radius 3 is 2.32 bits per heavy atom. The van der Waals surface area contributed by atoms with Gasteiger partial charge in [-0.2, -0.15) is 13.2 Å². The van der Waals surface area contributed by atoms with Crippen LogP contribution < -0.4 is 5.32 Å². The molecule has 0 atom stereocenters. The zero-order valence-corrected chi connectivity index (χ0v) is 12.1. The number of carbonyl (C=O) groups excluding carboxylic acids is 1. The van der Waals surface area contributed by atoms with E-state index in [-0.39, 0.29) is 17.6 Å². The van der Waals surface area contributed by atoms with E-state index >= 15 is 0 Å². The smallest absolute Gasteiger partial charge is 0.350 e. The minimum absolute atomic E-state index is 0.0114. The van der Waals surface area contributed by atoms with Gasteiger partial charge in [0.2, 0.25) is 0 Å². The summed E-state index contributed by atoms with van der Waals surface area (Å²) < 4.78 is 38.1. The van der Waals surface area contributed by atoms with Gasteiger partial charge in [-0.25, -0.2) is 0 Å². The molecule has 1 aromatic heterocycles. The number of amides is 1. The molecule has 1 amide bonds. The van der Waals surface area contributed by atoms with Gasteiger partial charge in [-0.3, -0.25) is 9.78 Å². The molecule has 1 heterocycles. The number of aromatic nitrogens is 1. The first-order valence-electron chi connectivity index (χ1n) is 6.72. The SMILES string of the molecule is CC(C)NC(=O)c1ccc(-c2cc(C(F)(F)F)ccn2)cc1. The normalized spacial score (nSPS) is 11.5. The highest BCUT2D eigenvalue weighted by atomic mass is 19.4. The average Bonchev–Trinajstić information content (AvgIpc) is 2.46. The molecule has 22 heavy (non-hydrogen) atoms. The minimum Gasteiger partial charge on any atom is -0.350 e. The number of pyridine rings is 1. The standard InChI is InChI=1S/C16H15F3N2O/c1-10(2)21-15(22)12-5-3-11(4-6-12)14-9-13(7-8-20-14)16(17,18)19/h3-10H,1-2H3,(H,21,22). The van der Waals surface area contributed by atoms with Gasteiger partial charge in [0.15, 0.2) is 0 Å². The van der Waals surface area contributed by atoms with Gasteiger partial charge < -0.3 is 5.32 Å². The van der Waals surface area contributed by atoms with Crippen LogP contribution in [-0.2, 0) is 6.18 Å². The molecule has 0 unspecified atom stereocenters. The van der Waals surface area contributed by atoms with Crippen molar-refractivity contribution in [3.63, 3.8) is 0 Å². The fraction of sp³-hybridized carbons (Fsp3) is 0.250. The number of nitrogens with one attached hydrogen (secondary N) is 1. The third-order valence-electron chi connectivity index (χ3n) is 2.95. The maximum atomic E-state index is 12.7. The lowest BCUT2D eigenvalue weighted by Crippen LogP contribution is -2.29. The molecule has 6 heteroatoms. The maximum absolute atomic E-state index is 12.7. The highest BCUT2D eigenvalue weighted by Gasteiger charge is 2.30. The fourth-order valence-electron chi connectivity index (χ4n) is 1.90. The number of hydrogen-bond donors (Lipinski definition) is 1. The van der Waals surface area contributed by atoms with Crippen molar-refractivity contribution in [1.82, 2.24) is 10.3 Å². The lowest BCUT2D eigenvalue weighted by Gasteiger charge is -2.10. The summed E-state index contributed by atoms with van der Waals surface area (Å²) >= 11 is 0. The first-order chi connectivity index (χ1) is 10.3. The molecule has 0 fully saturated rings. The van der Waals surface area contributed by atoms with Crippen LogP contribution in [0.2, 0.25) is 0 Å². The molecule has 116 valence electrons. The summed E-state index contributed by atoms with van der Waals surface area (Å²) in [5, 5.41) is 2.74. The predicted molar refractivity (Wildman–Crippen MR) is 77.3 cm³/mol. The van der Waals surface area contributed by atoms with Gasteiger partial charge in [0.05, 0.1) is 11.3 Å². The van der Waals surface area contributed by atoms with Gasteiger partial charge >= 0.3 is 6.18 Å². The molecule has 3 nitrogen and oxygen atoms in total. The zero-order valence-electron chi connectivity index (χ0n) is 12.1. The Labute approximate surface area is 126 Å². The van der Waals surface area contributed by atoms with E-state index in [4.69, 9.17) is 0 Å². The Kier molecular flexibility index (Phi) is 4.49. The van der Waals surface area contributed by atoms with Crippen LogP contribution in [-0.4, -0.2) is 16.9 Å². The second-order valence-corrected chi connectivity index (χ2v) is 5.13. The molecule has 1 N–H and O–H groups in total. The summed E-state index contributed by atoms with van der Waals surface area (Å²) in [7, 11) is 0. The molecular weight excluding hydrogens is 293 g/mol. The van der Waals surface area contributed by atoms with Crippen LogP contribution in [0.25, 0.3) is 11.3 Å². The lowest BCUT2D eigenvalue weighted by atomic mass is 10.1. The summed E-state index contributed by atoms with van der Waals surface area (Å²) in [6.45, 7) is 3.69. The third-order valence-corrected chi connectivity index (χ3v) is 2.95. The van der Waals surface area contributed by atoms with Crippen molar-refractivity contribution in [1.29, 1.82) is 0 Å². The van der Waals surface area contributed by atoms with Gasteiger partial charge in [0, 0.05) is 23.4 Å². The molecule has 0 saturated carbocycles. The van der Waals surface area contributed by atoms with Gasteiger partial charge in [0.1, 0.15) is 0 Å². The van der Waals surface area contributed by atoms with Crippen molar-refractivity contribution in [2.75, 3.05) is 0 Å². The van der Waals surface area contributed by atoms with Gasteiger partial charge in [0.25, 0.3) is 5.91 Å². The first-order valence-corrected chi connectivity index (χ1v) is 6.72. The van der Waals surface area contributed by atoms with Crippen LogP contribution in [0.4, 0.5) is 13.2 Å². The number of benzene rings is 1. The van der Waals surface area contributed by atoms with E-state index in [0.29, 0.717) is 11.1 Å². The summed E-state index contributed by atoms with van der Waals surface area (Å²) in [5.41, 5.74) is 0.432. The van der Waals surface area contributed by atoms with Crippen LogP contribution in [0, 0.1) is 0 Å². The van der Waals surface area contributed by atoms with Crippen molar-refractivity contribution in [3.8, 4) is 11.3 Å². The maximum Gasteiger partial charge on any atom is 0.416 e. The number of rotatable bonds is 3. The van der Waals surface area contributed by atoms with E-state index in [1.165, 1.54) is 0 Å². The quantitative estimate of drug-likeness (QED) is 0.934. The molecule has 0 saturated heterocycles. The highest BCUT2D eigenvalue weighted by Crippen LogP contribution is 2.31. The minimum atomic E-state index is -4.41. The molecule has 0 aliphatic carbocycles. The third kappa shape index (κ3) is 3.84. The van der Waals surface area contributed by atoms with E-state index in [9.17, 15) is 18.0 Å². The van der Waals surface area contributed by atoms with Gasteiger partial charge in [-0.1, -0.05) is 12.1 Å². The lowest BCUT2D eigenvalue weighted by molar-refractivity contribution is -0.137. The number of carbonyl (C=O) groups is 1. The molecule has 2 aromatic rings. The summed E-state index contributed by atoms with van der Waals surface area (Å²) in [6, 6.07) is 8.22. The second kappa shape index (κ2) is 6.17. The van der Waals surface area contributed by atoms with Crippen molar-refractivity contribution >= 4 is 5.91 Å². The second-order valence-electron chi connectivity index (χ2n) is 5.13. The number of nitrogens with zero attached hydrogens (tertiary/aromatic N) is 1. The molecule has 0 bridgehead atoms. The monoisotopic (exact) mass is 308 g/mol. The first kappa shape index (κ1) is 16.0. The van der Waals surface area contributed by atoms with Crippen molar-refractivity contribution in [3.05, 3.63) is 53.7 Å². The molecule has 2 rings (SSSR count). The number of alkyl halides is 3. The van der Waals surface area contributed by atoms with Gasteiger partial charge in [-0.15, -0.1) is 0 Å². The Balaban J connectivity index is 2.26. The topological polar surface area (TPSA) is 42.0 Å². The molecule has 0 spiro atoms. The predicted octanol–water partition coefficient (Wildman–Crippen LogP) is 3.91. The van der Waals surface area contributed by atoms with Crippen molar-refractivity contribution < 1.29 is 18.0 Å². The average molecular weight is 308 g/mol. The highest BCUT2D eigenvalue weighted by molar-refractivity contribution is 5.94. The van der Waals surface area contributed by atoms with Crippen molar-refractivity contribution in [2.24, 2.45) is 0 Å². The van der Waals surface area contributed by atoms with Crippen LogP contribution in [0.3, 0.4) is 0 Å². The summed E-state index contributed by atoms with van der Waals surface area (Å²) in [4.78, 5) is 15.8. The largest absolute Gasteiger partial charge is 0.416 e. The van der Waals surface area contributed by atoms with Crippen LogP contribution >= 0.6 is 0 Å².